The zero-order valence-electron chi connectivity index (χ0n) is 13.6. The standard InChI is InChI=1S/C17H10Br3Cl2N3OS/c1-27-17-13(15(26)9-4-7(18)2-3-10(9)20)16(23)25(24-17)14-11(21)5-8(19)6-12(14)22/h2-6H,23H2,1H3. The summed E-state index contributed by atoms with van der Waals surface area (Å²) in [6.07, 6.45) is 1.82. The number of hydrogen-bond donors (Lipinski definition) is 1. The third-order valence-corrected chi connectivity index (χ3v) is 6.57. The van der Waals surface area contributed by atoms with Gasteiger partial charge in [-0.25, -0.2) is 4.68 Å². The molecule has 2 N–H and O–H groups in total. The highest BCUT2D eigenvalue weighted by atomic mass is 79.9. The van der Waals surface area contributed by atoms with Gasteiger partial charge >= 0.3 is 0 Å². The molecule has 0 aliphatic heterocycles. The number of benzene rings is 2. The molecule has 140 valence electrons. The van der Waals surface area contributed by atoms with E-state index in [0.29, 0.717) is 36.4 Å². The van der Waals surface area contributed by atoms with Crippen LogP contribution in [0.5, 0.6) is 0 Å². The van der Waals surface area contributed by atoms with Crippen LogP contribution in [0, 0.1) is 0 Å². The fourth-order valence-corrected chi connectivity index (χ4v) is 5.20. The zero-order chi connectivity index (χ0) is 19.9. The lowest BCUT2D eigenvalue weighted by atomic mass is 10.1. The number of ketones is 1. The summed E-state index contributed by atoms with van der Waals surface area (Å²) in [4.78, 5) is 13.2. The van der Waals surface area contributed by atoms with Gasteiger partial charge in [0.05, 0.1) is 15.6 Å². The number of anilines is 1. The van der Waals surface area contributed by atoms with Crippen molar-refractivity contribution in [2.75, 3.05) is 12.0 Å². The highest BCUT2D eigenvalue weighted by molar-refractivity contribution is 9.11. The molecule has 0 bridgehead atoms. The Hall–Kier alpha value is -0.510. The molecule has 0 unspecified atom stereocenters. The van der Waals surface area contributed by atoms with E-state index in [1.165, 1.54) is 16.4 Å². The van der Waals surface area contributed by atoms with E-state index < -0.39 is 0 Å². The van der Waals surface area contributed by atoms with Gasteiger partial charge < -0.3 is 5.73 Å². The van der Waals surface area contributed by atoms with Crippen molar-refractivity contribution in [3.8, 4) is 5.69 Å². The molecule has 0 saturated heterocycles. The van der Waals surface area contributed by atoms with Gasteiger partial charge in [0.15, 0.2) is 0 Å². The van der Waals surface area contributed by atoms with Crippen LogP contribution in [0.2, 0.25) is 10.0 Å². The highest BCUT2D eigenvalue weighted by Crippen LogP contribution is 2.37. The molecule has 27 heavy (non-hydrogen) atoms. The van der Waals surface area contributed by atoms with E-state index in [1.807, 2.05) is 12.3 Å². The van der Waals surface area contributed by atoms with Crippen LogP contribution in [0.3, 0.4) is 0 Å². The summed E-state index contributed by atoms with van der Waals surface area (Å²) in [6, 6.07) is 8.74. The van der Waals surface area contributed by atoms with Gasteiger partial charge in [-0.15, -0.1) is 11.8 Å². The number of thioether (sulfide) groups is 1. The molecule has 0 spiro atoms. The molecule has 0 aliphatic rings. The third kappa shape index (κ3) is 4.11. The van der Waals surface area contributed by atoms with E-state index in [0.717, 1.165) is 8.95 Å². The van der Waals surface area contributed by atoms with E-state index in [4.69, 9.17) is 28.9 Å². The Morgan fingerprint density at radius 3 is 2.33 bits per heavy atom. The molecule has 10 heteroatoms. The SMILES string of the molecule is CSc1nn(-c2c(Cl)cc(Br)cc2Cl)c(N)c1C(=O)c1cc(Br)ccc1Br. The van der Waals surface area contributed by atoms with Crippen molar-refractivity contribution >= 4 is 94.4 Å². The van der Waals surface area contributed by atoms with Crippen molar-refractivity contribution in [2.45, 2.75) is 5.03 Å². The first-order valence-electron chi connectivity index (χ1n) is 7.31. The fraction of sp³-hybridized carbons (Fsp3) is 0.0588. The summed E-state index contributed by atoms with van der Waals surface area (Å²) in [5.74, 6) is -0.0806. The summed E-state index contributed by atoms with van der Waals surface area (Å²) >= 11 is 24.2. The van der Waals surface area contributed by atoms with Gasteiger partial charge in [0, 0.05) is 19.0 Å². The predicted octanol–water partition coefficient (Wildman–Crippen LogP) is 7.00. The number of carbonyl (C=O) groups is 1. The van der Waals surface area contributed by atoms with Crippen molar-refractivity contribution in [3.63, 3.8) is 0 Å². The van der Waals surface area contributed by atoms with Crippen LogP contribution in [0.1, 0.15) is 15.9 Å². The van der Waals surface area contributed by atoms with Crippen molar-refractivity contribution < 1.29 is 4.79 Å². The Labute approximate surface area is 195 Å². The van der Waals surface area contributed by atoms with Gasteiger partial charge in [-0.05, 0) is 36.6 Å². The number of rotatable bonds is 4. The smallest absolute Gasteiger partial charge is 0.200 e. The average Bonchev–Trinajstić information content (AvgIpc) is 2.92. The van der Waals surface area contributed by atoms with Crippen LogP contribution < -0.4 is 5.73 Å². The Bertz CT molecular complexity index is 1050. The molecule has 0 fully saturated rings. The van der Waals surface area contributed by atoms with Crippen LogP contribution in [0.4, 0.5) is 5.82 Å². The van der Waals surface area contributed by atoms with Gasteiger partial charge in [-0.3, -0.25) is 4.79 Å². The van der Waals surface area contributed by atoms with Crippen molar-refractivity contribution in [1.29, 1.82) is 0 Å². The van der Waals surface area contributed by atoms with Crippen LogP contribution >= 0.6 is 82.8 Å². The maximum atomic E-state index is 13.2. The number of carbonyl (C=O) groups excluding carboxylic acids is 1. The highest BCUT2D eigenvalue weighted by Gasteiger charge is 2.26. The van der Waals surface area contributed by atoms with Crippen molar-refractivity contribution in [2.24, 2.45) is 0 Å². The fourth-order valence-electron chi connectivity index (χ4n) is 2.48. The molecule has 0 radical (unpaired) electrons. The maximum Gasteiger partial charge on any atom is 0.200 e. The van der Waals surface area contributed by atoms with Gasteiger partial charge in [-0.1, -0.05) is 71.0 Å². The van der Waals surface area contributed by atoms with Gasteiger partial charge in [-0.2, -0.15) is 5.10 Å². The largest absolute Gasteiger partial charge is 0.383 e. The summed E-state index contributed by atoms with van der Waals surface area (Å²) < 4.78 is 3.58. The van der Waals surface area contributed by atoms with Crippen LogP contribution in [-0.2, 0) is 0 Å². The van der Waals surface area contributed by atoms with E-state index in [1.54, 1.807) is 24.3 Å². The monoisotopic (exact) mass is 611 g/mol. The Balaban J connectivity index is 2.22. The van der Waals surface area contributed by atoms with E-state index in [9.17, 15) is 4.79 Å². The lowest BCUT2D eigenvalue weighted by Gasteiger charge is -2.10. The minimum Gasteiger partial charge on any atom is -0.383 e. The van der Waals surface area contributed by atoms with E-state index >= 15 is 0 Å². The molecule has 3 rings (SSSR count). The number of hydrogen-bond acceptors (Lipinski definition) is 4. The molecule has 4 nitrogen and oxygen atoms in total. The summed E-state index contributed by atoms with van der Waals surface area (Å²) in [6.45, 7) is 0. The minimum atomic E-state index is -0.249. The second-order valence-electron chi connectivity index (χ2n) is 5.35. The van der Waals surface area contributed by atoms with Gasteiger partial charge in [0.1, 0.15) is 16.5 Å². The predicted molar refractivity (Wildman–Crippen MR) is 123 cm³/mol. The minimum absolute atomic E-state index is 0.169. The molecule has 3 aromatic rings. The first-order valence-corrected chi connectivity index (χ1v) is 11.7. The first kappa shape index (κ1) is 21.2. The normalized spacial score (nSPS) is 11.0. The molecule has 0 aliphatic carbocycles. The molecule has 1 heterocycles. The molecule has 0 saturated carbocycles. The van der Waals surface area contributed by atoms with E-state index in [2.05, 4.69) is 52.9 Å². The van der Waals surface area contributed by atoms with Crippen LogP contribution in [-0.4, -0.2) is 21.8 Å². The number of nitrogens with zero attached hydrogens (tertiary/aromatic N) is 2. The number of nitrogens with two attached hydrogens (primary N) is 1. The average molecular weight is 615 g/mol. The lowest BCUT2D eigenvalue weighted by molar-refractivity contribution is 0.103. The first-order chi connectivity index (χ1) is 12.7. The van der Waals surface area contributed by atoms with Crippen molar-refractivity contribution in [1.82, 2.24) is 9.78 Å². The summed E-state index contributed by atoms with van der Waals surface area (Å²) in [5.41, 5.74) is 7.52. The maximum absolute atomic E-state index is 13.2. The summed E-state index contributed by atoms with van der Waals surface area (Å²) in [5, 5.41) is 5.68. The second-order valence-corrected chi connectivity index (χ2v) is 9.65. The Morgan fingerprint density at radius 1 is 1.11 bits per heavy atom. The molecule has 0 atom stereocenters. The molecular weight excluding hydrogens is 605 g/mol. The Kier molecular flexibility index (Phi) is 6.65. The van der Waals surface area contributed by atoms with Crippen LogP contribution in [0.15, 0.2) is 48.8 Å². The lowest BCUT2D eigenvalue weighted by Crippen LogP contribution is -2.09. The zero-order valence-corrected chi connectivity index (χ0v) is 20.7. The second kappa shape index (κ2) is 8.47. The third-order valence-electron chi connectivity index (χ3n) is 3.68. The molecule has 2 aromatic carbocycles. The van der Waals surface area contributed by atoms with Gasteiger partial charge in [0.25, 0.3) is 0 Å². The molecular formula is C17H10Br3Cl2N3OS. The summed E-state index contributed by atoms with van der Waals surface area (Å²) in [7, 11) is 0. The molecule has 1 aromatic heterocycles. The topological polar surface area (TPSA) is 60.9 Å². The quantitative estimate of drug-likeness (QED) is 0.254. The van der Waals surface area contributed by atoms with Crippen molar-refractivity contribution in [3.05, 3.63) is 64.9 Å². The van der Waals surface area contributed by atoms with Crippen LogP contribution in [0.25, 0.3) is 5.69 Å². The number of aromatic nitrogens is 2. The van der Waals surface area contributed by atoms with E-state index in [-0.39, 0.29) is 11.6 Å². The number of nitrogen functional groups attached to an aromatic ring is 1. The Morgan fingerprint density at radius 2 is 1.74 bits per heavy atom. The number of halogens is 5. The van der Waals surface area contributed by atoms with Gasteiger partial charge in [0.2, 0.25) is 5.78 Å². The molecule has 0 amide bonds.